The Labute approximate surface area is 147 Å². The van der Waals surface area contributed by atoms with Crippen molar-refractivity contribution in [3.05, 3.63) is 64.2 Å². The molecule has 134 valence electrons. The summed E-state index contributed by atoms with van der Waals surface area (Å²) in [4.78, 5) is 12.3. The van der Waals surface area contributed by atoms with Crippen LogP contribution in [0.5, 0.6) is 0 Å². The van der Waals surface area contributed by atoms with E-state index >= 15 is 0 Å². The fourth-order valence-corrected chi connectivity index (χ4v) is 4.08. The molecule has 2 aromatic rings. The summed E-state index contributed by atoms with van der Waals surface area (Å²) in [5.41, 5.74) is 0.747. The molecular weight excluding hydrogens is 342 g/mol. The molecule has 0 heterocycles. The van der Waals surface area contributed by atoms with Gasteiger partial charge in [-0.25, -0.2) is 8.42 Å². The van der Waals surface area contributed by atoms with Crippen LogP contribution in [-0.2, 0) is 10.0 Å². The van der Waals surface area contributed by atoms with E-state index in [1.807, 2.05) is 19.0 Å². The minimum atomic E-state index is -3.93. The normalized spacial score (nSPS) is 11.5. The average Bonchev–Trinajstić information content (AvgIpc) is 2.55. The van der Waals surface area contributed by atoms with Gasteiger partial charge in [-0.3, -0.25) is 14.4 Å². The Kier molecular flexibility index (Phi) is 5.76. The van der Waals surface area contributed by atoms with E-state index in [4.69, 9.17) is 0 Å². The number of nitro groups is 1. The van der Waals surface area contributed by atoms with Gasteiger partial charge in [-0.15, -0.1) is 0 Å². The lowest BCUT2D eigenvalue weighted by Crippen LogP contribution is -2.37. The van der Waals surface area contributed by atoms with Gasteiger partial charge >= 0.3 is 0 Å². The second-order valence-electron chi connectivity index (χ2n) is 5.92. The zero-order valence-corrected chi connectivity index (χ0v) is 15.2. The standard InChI is InChI=1S/C17H21N3O4S/c1-14-9-10-16(20(21)22)13-17(14)25(23,24)19(12-11-18(2)3)15-7-5-4-6-8-15/h4-10,13H,11-12H2,1-3H3. The van der Waals surface area contributed by atoms with Gasteiger partial charge in [0.15, 0.2) is 0 Å². The van der Waals surface area contributed by atoms with Gasteiger partial charge in [-0.1, -0.05) is 24.3 Å². The maximum atomic E-state index is 13.2. The maximum absolute atomic E-state index is 13.2. The van der Waals surface area contributed by atoms with E-state index in [1.54, 1.807) is 37.3 Å². The molecule has 0 fully saturated rings. The Morgan fingerprint density at radius 2 is 1.68 bits per heavy atom. The first-order chi connectivity index (χ1) is 11.7. The van der Waals surface area contributed by atoms with Crippen molar-refractivity contribution in [1.29, 1.82) is 0 Å². The zero-order chi connectivity index (χ0) is 18.6. The van der Waals surface area contributed by atoms with Crippen LogP contribution in [0.4, 0.5) is 11.4 Å². The smallest absolute Gasteiger partial charge is 0.270 e. The largest absolute Gasteiger partial charge is 0.308 e. The summed E-state index contributed by atoms with van der Waals surface area (Å²) in [6, 6.07) is 12.6. The number of likely N-dealkylation sites (N-methyl/N-ethyl adjacent to an activating group) is 1. The molecule has 0 atom stereocenters. The third kappa shape index (κ3) is 4.34. The van der Waals surface area contributed by atoms with E-state index in [2.05, 4.69) is 0 Å². The van der Waals surface area contributed by atoms with E-state index in [-0.39, 0.29) is 17.1 Å². The van der Waals surface area contributed by atoms with Crippen molar-refractivity contribution < 1.29 is 13.3 Å². The quantitative estimate of drug-likeness (QED) is 0.558. The van der Waals surface area contributed by atoms with Gasteiger partial charge in [0.25, 0.3) is 15.7 Å². The van der Waals surface area contributed by atoms with Crippen LogP contribution in [0, 0.1) is 17.0 Å². The molecule has 0 bridgehead atoms. The van der Waals surface area contributed by atoms with Gasteiger partial charge < -0.3 is 4.90 Å². The van der Waals surface area contributed by atoms with E-state index < -0.39 is 14.9 Å². The molecule has 0 spiro atoms. The van der Waals surface area contributed by atoms with E-state index in [9.17, 15) is 18.5 Å². The first kappa shape index (κ1) is 18.9. The second kappa shape index (κ2) is 7.62. The third-order valence-electron chi connectivity index (χ3n) is 3.75. The highest BCUT2D eigenvalue weighted by atomic mass is 32.2. The number of nitro benzene ring substituents is 1. The zero-order valence-electron chi connectivity index (χ0n) is 14.4. The number of anilines is 1. The Morgan fingerprint density at radius 1 is 1.04 bits per heavy atom. The molecule has 0 unspecified atom stereocenters. The highest BCUT2D eigenvalue weighted by molar-refractivity contribution is 7.92. The molecule has 7 nitrogen and oxygen atoms in total. The van der Waals surface area contributed by atoms with Gasteiger partial charge in [0.05, 0.1) is 15.5 Å². The lowest BCUT2D eigenvalue weighted by molar-refractivity contribution is -0.385. The number of sulfonamides is 1. The molecule has 2 rings (SSSR count). The van der Waals surface area contributed by atoms with Crippen molar-refractivity contribution in [1.82, 2.24) is 4.90 Å². The number of benzene rings is 2. The van der Waals surface area contributed by atoms with Crippen molar-refractivity contribution in [3.8, 4) is 0 Å². The molecule has 0 N–H and O–H groups in total. The lowest BCUT2D eigenvalue weighted by atomic mass is 10.2. The van der Waals surface area contributed by atoms with Crippen LogP contribution in [-0.4, -0.2) is 45.4 Å². The van der Waals surface area contributed by atoms with Crippen LogP contribution in [0.2, 0.25) is 0 Å². The summed E-state index contributed by atoms with van der Waals surface area (Å²) in [6.45, 7) is 2.38. The third-order valence-corrected chi connectivity index (χ3v) is 5.71. The average molecular weight is 363 g/mol. The molecule has 0 amide bonds. The fraction of sp³-hybridized carbons (Fsp3) is 0.294. The summed E-state index contributed by atoms with van der Waals surface area (Å²) in [5, 5.41) is 11.0. The SMILES string of the molecule is Cc1ccc([N+](=O)[O-])cc1S(=O)(=O)N(CCN(C)C)c1ccccc1. The van der Waals surface area contributed by atoms with E-state index in [0.29, 0.717) is 17.8 Å². The number of hydrogen-bond acceptors (Lipinski definition) is 5. The molecule has 25 heavy (non-hydrogen) atoms. The van der Waals surface area contributed by atoms with Crippen molar-refractivity contribution >= 4 is 21.4 Å². The van der Waals surface area contributed by atoms with Gasteiger partial charge in [-0.2, -0.15) is 0 Å². The number of nitrogens with zero attached hydrogens (tertiary/aromatic N) is 3. The Morgan fingerprint density at radius 3 is 2.24 bits per heavy atom. The van der Waals surface area contributed by atoms with Crippen molar-refractivity contribution in [3.63, 3.8) is 0 Å². The van der Waals surface area contributed by atoms with Crippen LogP contribution < -0.4 is 4.31 Å². The predicted molar refractivity (Wildman–Crippen MR) is 97.4 cm³/mol. The lowest BCUT2D eigenvalue weighted by Gasteiger charge is -2.26. The second-order valence-corrected chi connectivity index (χ2v) is 7.75. The summed E-state index contributed by atoms with van der Waals surface area (Å²) in [5.74, 6) is 0. The molecule has 0 aliphatic carbocycles. The van der Waals surface area contributed by atoms with Crippen molar-refractivity contribution in [2.75, 3.05) is 31.5 Å². The van der Waals surface area contributed by atoms with Gasteiger partial charge in [0.1, 0.15) is 0 Å². The minimum absolute atomic E-state index is 0.0516. The monoisotopic (exact) mass is 363 g/mol. The number of hydrogen-bond donors (Lipinski definition) is 0. The molecular formula is C17H21N3O4S. The molecule has 0 saturated carbocycles. The first-order valence-electron chi connectivity index (χ1n) is 7.71. The Bertz CT molecular complexity index is 851. The fourth-order valence-electron chi connectivity index (χ4n) is 2.37. The number of rotatable bonds is 7. The maximum Gasteiger partial charge on any atom is 0.270 e. The minimum Gasteiger partial charge on any atom is -0.308 e. The molecule has 2 aromatic carbocycles. The molecule has 0 aromatic heterocycles. The van der Waals surface area contributed by atoms with Crippen LogP contribution >= 0.6 is 0 Å². The predicted octanol–water partition coefficient (Wildman–Crippen LogP) is 2.66. The van der Waals surface area contributed by atoms with Gasteiger partial charge in [0.2, 0.25) is 0 Å². The van der Waals surface area contributed by atoms with Crippen molar-refractivity contribution in [2.24, 2.45) is 0 Å². The first-order valence-corrected chi connectivity index (χ1v) is 9.15. The van der Waals surface area contributed by atoms with Crippen molar-refractivity contribution in [2.45, 2.75) is 11.8 Å². The molecule has 0 aliphatic heterocycles. The van der Waals surface area contributed by atoms with Crippen LogP contribution in [0.15, 0.2) is 53.4 Å². The van der Waals surface area contributed by atoms with Crippen LogP contribution in [0.25, 0.3) is 0 Å². The summed E-state index contributed by atoms with van der Waals surface area (Å²) < 4.78 is 27.7. The van der Waals surface area contributed by atoms with E-state index in [1.165, 1.54) is 16.4 Å². The summed E-state index contributed by atoms with van der Waals surface area (Å²) in [7, 11) is -0.223. The highest BCUT2D eigenvalue weighted by Crippen LogP contribution is 2.28. The molecule has 8 heteroatoms. The van der Waals surface area contributed by atoms with E-state index in [0.717, 1.165) is 6.07 Å². The number of non-ortho nitro benzene ring substituents is 1. The molecule has 0 saturated heterocycles. The molecule has 0 aliphatic rings. The summed E-state index contributed by atoms with van der Waals surface area (Å²) >= 11 is 0. The van der Waals surface area contributed by atoms with Gasteiger partial charge in [0, 0.05) is 25.2 Å². The Balaban J connectivity index is 2.55. The number of aryl methyl sites for hydroxylation is 1. The highest BCUT2D eigenvalue weighted by Gasteiger charge is 2.28. The number of para-hydroxylation sites is 1. The topological polar surface area (TPSA) is 83.8 Å². The summed E-state index contributed by atoms with van der Waals surface area (Å²) in [6.07, 6.45) is 0. The van der Waals surface area contributed by atoms with Crippen LogP contribution in [0.1, 0.15) is 5.56 Å². The van der Waals surface area contributed by atoms with Crippen LogP contribution in [0.3, 0.4) is 0 Å². The van der Waals surface area contributed by atoms with Gasteiger partial charge in [-0.05, 0) is 38.7 Å². The molecule has 0 radical (unpaired) electrons. The Hall–Kier alpha value is -2.45.